The Kier molecular flexibility index (Phi) is 4.85. The lowest BCUT2D eigenvalue weighted by atomic mass is 10.2. The van der Waals surface area contributed by atoms with E-state index in [0.29, 0.717) is 22.8 Å². The molecule has 0 saturated carbocycles. The van der Waals surface area contributed by atoms with Crippen molar-refractivity contribution in [1.29, 1.82) is 0 Å². The molecule has 0 aliphatic heterocycles. The average Bonchev–Trinajstić information content (AvgIpc) is 2.66. The molecule has 136 valence electrons. The number of ether oxygens (including phenoxy) is 3. The van der Waals surface area contributed by atoms with E-state index in [0.717, 1.165) is 5.39 Å². The van der Waals surface area contributed by atoms with Crippen molar-refractivity contribution in [2.24, 2.45) is 0 Å². The molecule has 7 nitrogen and oxygen atoms in total. The van der Waals surface area contributed by atoms with Crippen LogP contribution in [0.15, 0.2) is 53.6 Å². The summed E-state index contributed by atoms with van der Waals surface area (Å²) in [5.41, 5.74) is 0.683. The van der Waals surface area contributed by atoms with Gasteiger partial charge < -0.3 is 14.2 Å². The van der Waals surface area contributed by atoms with Crippen LogP contribution in [0, 0.1) is 0 Å². The number of aromatic nitrogens is 1. The monoisotopic (exact) mass is 374 g/mol. The van der Waals surface area contributed by atoms with Gasteiger partial charge in [0.2, 0.25) is 5.75 Å². The zero-order chi connectivity index (χ0) is 18.7. The molecule has 1 N–H and O–H groups in total. The number of hydrogen-bond acceptors (Lipinski definition) is 6. The minimum atomic E-state index is -3.87. The van der Waals surface area contributed by atoms with E-state index in [-0.39, 0.29) is 10.6 Å². The van der Waals surface area contributed by atoms with Gasteiger partial charge in [0.1, 0.15) is 4.90 Å². The van der Waals surface area contributed by atoms with Crippen LogP contribution in [0.2, 0.25) is 0 Å². The molecular formula is C18H18N2O5S. The molecule has 0 spiro atoms. The third kappa shape index (κ3) is 3.23. The van der Waals surface area contributed by atoms with Crippen molar-refractivity contribution in [1.82, 2.24) is 4.98 Å². The number of sulfonamides is 1. The van der Waals surface area contributed by atoms with E-state index in [4.69, 9.17) is 14.2 Å². The van der Waals surface area contributed by atoms with Gasteiger partial charge in [-0.1, -0.05) is 18.2 Å². The van der Waals surface area contributed by atoms with Crippen LogP contribution in [-0.4, -0.2) is 34.7 Å². The molecule has 0 unspecified atom stereocenters. The number of nitrogens with zero attached hydrogens (tertiary/aromatic N) is 1. The fourth-order valence-electron chi connectivity index (χ4n) is 2.64. The predicted octanol–water partition coefficient (Wildman–Crippen LogP) is 3.06. The van der Waals surface area contributed by atoms with Crippen LogP contribution in [0.3, 0.4) is 0 Å². The van der Waals surface area contributed by atoms with E-state index in [1.165, 1.54) is 39.5 Å². The molecule has 0 fully saturated rings. The van der Waals surface area contributed by atoms with E-state index >= 15 is 0 Å². The first-order chi connectivity index (χ1) is 12.5. The first kappa shape index (κ1) is 17.8. The molecule has 0 amide bonds. The van der Waals surface area contributed by atoms with Crippen LogP contribution in [0.5, 0.6) is 17.2 Å². The van der Waals surface area contributed by atoms with Crippen LogP contribution in [-0.2, 0) is 10.0 Å². The third-order valence-corrected chi connectivity index (χ3v) is 5.22. The Morgan fingerprint density at radius 3 is 2.19 bits per heavy atom. The highest BCUT2D eigenvalue weighted by molar-refractivity contribution is 7.93. The third-order valence-electron chi connectivity index (χ3n) is 3.80. The molecule has 1 heterocycles. The predicted molar refractivity (Wildman–Crippen MR) is 98.6 cm³/mol. The summed E-state index contributed by atoms with van der Waals surface area (Å²) in [6, 6.07) is 11.6. The molecule has 0 atom stereocenters. The van der Waals surface area contributed by atoms with Crippen molar-refractivity contribution in [2.45, 2.75) is 4.90 Å². The van der Waals surface area contributed by atoms with Crippen LogP contribution in [0.4, 0.5) is 5.69 Å². The van der Waals surface area contributed by atoms with E-state index < -0.39 is 10.0 Å². The van der Waals surface area contributed by atoms with Gasteiger partial charge in [-0.2, -0.15) is 0 Å². The van der Waals surface area contributed by atoms with Gasteiger partial charge in [0.15, 0.2) is 11.5 Å². The molecule has 0 bridgehead atoms. The summed E-state index contributed by atoms with van der Waals surface area (Å²) in [6.07, 6.45) is 1.56. The number of nitrogens with one attached hydrogen (secondary N) is 1. The Bertz CT molecular complexity index is 1020. The highest BCUT2D eigenvalue weighted by atomic mass is 32.2. The maximum Gasteiger partial charge on any atom is 0.264 e. The second-order valence-electron chi connectivity index (χ2n) is 5.35. The topological polar surface area (TPSA) is 86.8 Å². The minimum absolute atomic E-state index is 0.0874. The number of benzene rings is 2. The van der Waals surface area contributed by atoms with E-state index in [1.807, 2.05) is 0 Å². The first-order valence-electron chi connectivity index (χ1n) is 7.66. The Labute approximate surface area is 151 Å². The van der Waals surface area contributed by atoms with Gasteiger partial charge in [-0.25, -0.2) is 8.42 Å². The van der Waals surface area contributed by atoms with Crippen molar-refractivity contribution in [3.8, 4) is 17.2 Å². The first-order valence-corrected chi connectivity index (χ1v) is 9.15. The summed E-state index contributed by atoms with van der Waals surface area (Å²) in [7, 11) is 0.529. The molecule has 0 aliphatic carbocycles. The highest BCUT2D eigenvalue weighted by Gasteiger charge is 2.21. The van der Waals surface area contributed by atoms with Gasteiger partial charge in [0.05, 0.1) is 32.5 Å². The number of pyridine rings is 1. The number of para-hydroxylation sites is 1. The van der Waals surface area contributed by atoms with Crippen molar-refractivity contribution >= 4 is 26.6 Å². The lowest BCUT2D eigenvalue weighted by Crippen LogP contribution is -2.14. The second kappa shape index (κ2) is 7.09. The molecule has 0 radical (unpaired) electrons. The largest absolute Gasteiger partial charge is 0.493 e. The number of fused-ring (bicyclic) bond motifs is 1. The summed E-state index contributed by atoms with van der Waals surface area (Å²) < 4.78 is 44.1. The summed E-state index contributed by atoms with van der Waals surface area (Å²) in [5, 5.41) is 0.736. The lowest BCUT2D eigenvalue weighted by Gasteiger charge is -2.15. The zero-order valence-corrected chi connectivity index (χ0v) is 15.3. The van der Waals surface area contributed by atoms with Crippen molar-refractivity contribution < 1.29 is 22.6 Å². The number of anilines is 1. The Morgan fingerprint density at radius 1 is 0.923 bits per heavy atom. The molecule has 3 aromatic rings. The highest BCUT2D eigenvalue weighted by Crippen LogP contribution is 2.40. The Hall–Kier alpha value is -3.00. The molecule has 0 saturated heterocycles. The van der Waals surface area contributed by atoms with Gasteiger partial charge in [-0.15, -0.1) is 0 Å². The van der Waals surface area contributed by atoms with Gasteiger partial charge in [0.25, 0.3) is 10.0 Å². The van der Waals surface area contributed by atoms with Crippen molar-refractivity contribution in [3.05, 3.63) is 48.7 Å². The molecule has 1 aromatic heterocycles. The molecule has 26 heavy (non-hydrogen) atoms. The number of methoxy groups -OCH3 is 3. The lowest BCUT2D eigenvalue weighted by molar-refractivity contribution is 0.325. The van der Waals surface area contributed by atoms with Crippen LogP contribution in [0.25, 0.3) is 10.9 Å². The Morgan fingerprint density at radius 2 is 1.58 bits per heavy atom. The SMILES string of the molecule is COc1cc(NS(=O)(=O)c2cccc3cccnc23)cc(OC)c1OC. The standard InChI is InChI=1S/C18H18N2O5S/c1-23-14-10-13(11-15(24-2)18(14)25-3)20-26(21,22)16-8-4-6-12-7-5-9-19-17(12)16/h4-11,20H,1-3H3. The van der Waals surface area contributed by atoms with Gasteiger partial charge in [-0.05, 0) is 12.1 Å². The maximum absolute atomic E-state index is 12.9. The van der Waals surface area contributed by atoms with E-state index in [1.54, 1.807) is 30.5 Å². The second-order valence-corrected chi connectivity index (χ2v) is 7.00. The minimum Gasteiger partial charge on any atom is -0.493 e. The van der Waals surface area contributed by atoms with E-state index in [2.05, 4.69) is 9.71 Å². The quantitative estimate of drug-likeness (QED) is 0.714. The molecular weight excluding hydrogens is 356 g/mol. The summed E-state index contributed by atoms with van der Waals surface area (Å²) in [4.78, 5) is 4.28. The van der Waals surface area contributed by atoms with Gasteiger partial charge >= 0.3 is 0 Å². The number of hydrogen-bond donors (Lipinski definition) is 1. The summed E-state index contributed by atoms with van der Waals surface area (Å²) in [6.45, 7) is 0. The molecule has 8 heteroatoms. The summed E-state index contributed by atoms with van der Waals surface area (Å²) >= 11 is 0. The van der Waals surface area contributed by atoms with Gasteiger partial charge in [0, 0.05) is 23.7 Å². The molecule has 3 rings (SSSR count). The van der Waals surface area contributed by atoms with Crippen LogP contribution < -0.4 is 18.9 Å². The maximum atomic E-state index is 12.9. The Balaban J connectivity index is 2.07. The smallest absolute Gasteiger partial charge is 0.264 e. The number of rotatable bonds is 6. The van der Waals surface area contributed by atoms with Crippen LogP contribution in [0.1, 0.15) is 0 Å². The zero-order valence-electron chi connectivity index (χ0n) is 14.5. The fourth-order valence-corrected chi connectivity index (χ4v) is 3.86. The van der Waals surface area contributed by atoms with Gasteiger partial charge in [-0.3, -0.25) is 9.71 Å². The van der Waals surface area contributed by atoms with E-state index in [9.17, 15) is 8.42 Å². The molecule has 0 aliphatic rings. The molecule has 2 aromatic carbocycles. The van der Waals surface area contributed by atoms with Crippen molar-refractivity contribution in [2.75, 3.05) is 26.1 Å². The van der Waals surface area contributed by atoms with Crippen molar-refractivity contribution in [3.63, 3.8) is 0 Å². The average molecular weight is 374 g/mol. The normalized spacial score (nSPS) is 11.2. The van der Waals surface area contributed by atoms with Crippen LogP contribution >= 0.6 is 0 Å². The summed E-state index contributed by atoms with van der Waals surface area (Å²) in [5.74, 6) is 1.07. The fraction of sp³-hybridized carbons (Fsp3) is 0.167.